The fourth-order valence-corrected chi connectivity index (χ4v) is 2.26. The summed E-state index contributed by atoms with van der Waals surface area (Å²) in [7, 11) is 1.54. The summed E-state index contributed by atoms with van der Waals surface area (Å²) in [5.41, 5.74) is 1.22. The van der Waals surface area contributed by atoms with Crippen molar-refractivity contribution in [1.82, 2.24) is 0 Å². The highest BCUT2D eigenvalue weighted by Gasteiger charge is 2.16. The first-order valence-electron chi connectivity index (χ1n) is 8.44. The first kappa shape index (κ1) is 20.0. The molecule has 2 amide bonds. The predicted molar refractivity (Wildman–Crippen MR) is 95.2 cm³/mol. The molecule has 24 heavy (non-hydrogen) atoms. The number of hydrogen-bond donors (Lipinski definition) is 2. The van der Waals surface area contributed by atoms with Crippen molar-refractivity contribution >= 4 is 23.4 Å². The van der Waals surface area contributed by atoms with Gasteiger partial charge < -0.3 is 14.8 Å². The summed E-state index contributed by atoms with van der Waals surface area (Å²) in [5, 5.41) is 5.54. The quantitative estimate of drug-likeness (QED) is 0.632. The summed E-state index contributed by atoms with van der Waals surface area (Å²) >= 11 is 0. The van der Waals surface area contributed by atoms with Gasteiger partial charge in [0.15, 0.2) is 0 Å². The molecule has 1 atom stereocenters. The van der Waals surface area contributed by atoms with Crippen LogP contribution in [0.5, 0.6) is 0 Å². The molecule has 0 aliphatic heterocycles. The van der Waals surface area contributed by atoms with E-state index in [9.17, 15) is 9.59 Å². The Kier molecular flexibility index (Phi) is 9.53. The van der Waals surface area contributed by atoms with Crippen LogP contribution in [0.3, 0.4) is 0 Å². The van der Waals surface area contributed by atoms with Crippen molar-refractivity contribution < 1.29 is 19.1 Å². The van der Waals surface area contributed by atoms with E-state index in [0.29, 0.717) is 18.0 Å². The molecule has 0 aliphatic carbocycles. The molecule has 0 aliphatic rings. The van der Waals surface area contributed by atoms with Gasteiger partial charge in [0.1, 0.15) is 6.61 Å². The smallest absolute Gasteiger partial charge is 0.411 e. The highest BCUT2D eigenvalue weighted by atomic mass is 16.6. The van der Waals surface area contributed by atoms with Gasteiger partial charge in [0, 0.05) is 24.4 Å². The Hall–Kier alpha value is -2.08. The van der Waals surface area contributed by atoms with E-state index in [2.05, 4.69) is 17.6 Å². The maximum Gasteiger partial charge on any atom is 0.411 e. The number of nitrogens with one attached hydrogen (secondary N) is 2. The maximum absolute atomic E-state index is 12.3. The molecular weight excluding hydrogens is 308 g/mol. The second-order valence-electron chi connectivity index (χ2n) is 5.57. The van der Waals surface area contributed by atoms with Crippen molar-refractivity contribution in [3.63, 3.8) is 0 Å². The molecule has 0 bridgehead atoms. The molecule has 0 radical (unpaired) electrons. The normalized spacial score (nSPS) is 11.6. The van der Waals surface area contributed by atoms with E-state index in [4.69, 9.17) is 9.47 Å². The van der Waals surface area contributed by atoms with Gasteiger partial charge in [-0.25, -0.2) is 4.79 Å². The standard InChI is InChI=1S/C18H28N2O4/c1-4-6-8-14(5-2)17(21)19-15-9-7-10-16(13-15)20-18(22)24-12-11-23-3/h7,9-10,13-14H,4-6,8,11-12H2,1-3H3,(H,19,21)(H,20,22). The first-order valence-corrected chi connectivity index (χ1v) is 8.44. The van der Waals surface area contributed by atoms with Gasteiger partial charge in [-0.2, -0.15) is 0 Å². The van der Waals surface area contributed by atoms with E-state index < -0.39 is 6.09 Å². The molecule has 1 aromatic rings. The second kappa shape index (κ2) is 11.5. The zero-order chi connectivity index (χ0) is 17.8. The minimum absolute atomic E-state index is 0.0144. The third-order valence-corrected chi connectivity index (χ3v) is 3.67. The van der Waals surface area contributed by atoms with Crippen LogP contribution >= 0.6 is 0 Å². The molecule has 0 saturated carbocycles. The van der Waals surface area contributed by atoms with E-state index in [0.717, 1.165) is 25.7 Å². The van der Waals surface area contributed by atoms with Gasteiger partial charge in [0.05, 0.1) is 6.61 Å². The Morgan fingerprint density at radius 1 is 1.12 bits per heavy atom. The zero-order valence-electron chi connectivity index (χ0n) is 14.8. The molecule has 0 heterocycles. The molecular formula is C18H28N2O4. The van der Waals surface area contributed by atoms with Crippen LogP contribution in [0.25, 0.3) is 0 Å². The van der Waals surface area contributed by atoms with E-state index in [1.807, 2.05) is 6.92 Å². The molecule has 0 spiro atoms. The Bertz CT molecular complexity index is 519. The van der Waals surface area contributed by atoms with Crippen LogP contribution in [0.2, 0.25) is 0 Å². The number of carbonyl (C=O) groups is 2. The van der Waals surface area contributed by atoms with Gasteiger partial charge in [0.25, 0.3) is 0 Å². The number of carbonyl (C=O) groups excluding carboxylic acids is 2. The monoisotopic (exact) mass is 336 g/mol. The van der Waals surface area contributed by atoms with E-state index >= 15 is 0 Å². The predicted octanol–water partition coefficient (Wildman–Crippen LogP) is 4.04. The van der Waals surface area contributed by atoms with E-state index in [-0.39, 0.29) is 18.4 Å². The average molecular weight is 336 g/mol. The van der Waals surface area contributed by atoms with Crippen LogP contribution in [-0.4, -0.2) is 32.3 Å². The molecule has 6 heteroatoms. The number of unbranched alkanes of at least 4 members (excludes halogenated alkanes) is 1. The highest BCUT2D eigenvalue weighted by molar-refractivity contribution is 5.93. The van der Waals surface area contributed by atoms with Crippen LogP contribution in [0.1, 0.15) is 39.5 Å². The van der Waals surface area contributed by atoms with Crippen molar-refractivity contribution in [2.75, 3.05) is 31.0 Å². The number of methoxy groups -OCH3 is 1. The summed E-state index contributed by atoms with van der Waals surface area (Å²) < 4.78 is 9.76. The topological polar surface area (TPSA) is 76.7 Å². The van der Waals surface area contributed by atoms with Crippen LogP contribution in [-0.2, 0) is 14.3 Å². The second-order valence-corrected chi connectivity index (χ2v) is 5.57. The van der Waals surface area contributed by atoms with Crippen LogP contribution in [0, 0.1) is 5.92 Å². The summed E-state index contributed by atoms with van der Waals surface area (Å²) in [5.74, 6) is 0.0337. The largest absolute Gasteiger partial charge is 0.447 e. The van der Waals surface area contributed by atoms with Crippen LogP contribution < -0.4 is 10.6 Å². The molecule has 1 unspecified atom stereocenters. The molecule has 134 valence electrons. The van der Waals surface area contributed by atoms with E-state index in [1.165, 1.54) is 7.11 Å². The van der Waals surface area contributed by atoms with Gasteiger partial charge in [-0.1, -0.05) is 32.8 Å². The lowest BCUT2D eigenvalue weighted by Gasteiger charge is -2.15. The number of anilines is 2. The lowest BCUT2D eigenvalue weighted by Crippen LogP contribution is -2.22. The molecule has 6 nitrogen and oxygen atoms in total. The Balaban J connectivity index is 2.57. The summed E-state index contributed by atoms with van der Waals surface area (Å²) in [6.45, 7) is 4.67. The Labute approximate surface area is 143 Å². The fraction of sp³-hybridized carbons (Fsp3) is 0.556. The van der Waals surface area contributed by atoms with Gasteiger partial charge >= 0.3 is 6.09 Å². The fourth-order valence-electron chi connectivity index (χ4n) is 2.26. The molecule has 1 rings (SSSR count). The van der Waals surface area contributed by atoms with Gasteiger partial charge in [-0.15, -0.1) is 0 Å². The lowest BCUT2D eigenvalue weighted by molar-refractivity contribution is -0.120. The maximum atomic E-state index is 12.3. The first-order chi connectivity index (χ1) is 11.6. The third kappa shape index (κ3) is 7.46. The molecule has 0 saturated heterocycles. The number of amides is 2. The molecule has 1 aromatic carbocycles. The van der Waals surface area contributed by atoms with Gasteiger partial charge in [0.2, 0.25) is 5.91 Å². The lowest BCUT2D eigenvalue weighted by atomic mass is 9.98. The number of ether oxygens (including phenoxy) is 2. The van der Waals surface area contributed by atoms with Gasteiger partial charge in [-0.3, -0.25) is 10.1 Å². The summed E-state index contributed by atoms with van der Waals surface area (Å²) in [6.07, 6.45) is 3.28. The Morgan fingerprint density at radius 3 is 2.46 bits per heavy atom. The van der Waals surface area contributed by atoms with Crippen molar-refractivity contribution in [3.8, 4) is 0 Å². The summed E-state index contributed by atoms with van der Waals surface area (Å²) in [6, 6.07) is 7.02. The van der Waals surface area contributed by atoms with Crippen molar-refractivity contribution in [3.05, 3.63) is 24.3 Å². The zero-order valence-corrected chi connectivity index (χ0v) is 14.8. The van der Waals surface area contributed by atoms with Crippen molar-refractivity contribution in [1.29, 1.82) is 0 Å². The third-order valence-electron chi connectivity index (χ3n) is 3.67. The van der Waals surface area contributed by atoms with E-state index in [1.54, 1.807) is 24.3 Å². The van der Waals surface area contributed by atoms with Crippen LogP contribution in [0.15, 0.2) is 24.3 Å². The van der Waals surface area contributed by atoms with Crippen molar-refractivity contribution in [2.24, 2.45) is 5.92 Å². The summed E-state index contributed by atoms with van der Waals surface area (Å²) in [4.78, 5) is 23.9. The molecule has 0 fully saturated rings. The SMILES string of the molecule is CCCCC(CC)C(=O)Nc1cccc(NC(=O)OCCOC)c1. The average Bonchev–Trinajstić information content (AvgIpc) is 2.56. The number of benzene rings is 1. The highest BCUT2D eigenvalue weighted by Crippen LogP contribution is 2.19. The number of hydrogen-bond acceptors (Lipinski definition) is 4. The molecule has 2 N–H and O–H groups in total. The van der Waals surface area contributed by atoms with Crippen molar-refractivity contribution in [2.45, 2.75) is 39.5 Å². The number of rotatable bonds is 10. The minimum Gasteiger partial charge on any atom is -0.447 e. The minimum atomic E-state index is -0.551. The molecule has 0 aromatic heterocycles. The van der Waals surface area contributed by atoms with Crippen LogP contribution in [0.4, 0.5) is 16.2 Å². The Morgan fingerprint density at radius 2 is 1.83 bits per heavy atom. The van der Waals surface area contributed by atoms with Gasteiger partial charge in [-0.05, 0) is 31.0 Å².